The number of nitrogens with two attached hydrogens (primary N) is 4. The normalized spacial score (nSPS) is 22.3. The number of hydrogen-bond donors (Lipinski definition) is 7. The number of hydrogen-bond acceptors (Lipinski definition) is 14. The summed E-state index contributed by atoms with van der Waals surface area (Å²) in [6.07, 6.45) is -0.594. The summed E-state index contributed by atoms with van der Waals surface area (Å²) in [5, 5.41) is 24.9. The van der Waals surface area contributed by atoms with Gasteiger partial charge in [0.05, 0.1) is 6.10 Å². The summed E-state index contributed by atoms with van der Waals surface area (Å²) in [6, 6.07) is 6.47. The molecule has 3 atom stereocenters. The summed E-state index contributed by atoms with van der Waals surface area (Å²) in [7, 11) is 0. The van der Waals surface area contributed by atoms with Crippen LogP contribution < -0.4 is 44.1 Å². The van der Waals surface area contributed by atoms with E-state index >= 15 is 0 Å². The minimum Gasteiger partial charge on any atom is -0.491 e. The Labute approximate surface area is 270 Å². The van der Waals surface area contributed by atoms with E-state index in [1.165, 1.54) is 11.9 Å². The highest BCUT2D eigenvalue weighted by atomic mass is 35.5. The Morgan fingerprint density at radius 2 is 1.87 bits per heavy atom. The van der Waals surface area contributed by atoms with Gasteiger partial charge in [0.1, 0.15) is 18.1 Å². The first kappa shape index (κ1) is 34.4. The third-order valence-corrected chi connectivity index (χ3v) is 8.05. The number of nitrogens with one attached hydrogen (secondary N) is 3. The molecule has 2 saturated heterocycles. The maximum Gasteiger partial charge on any atom is 0.272 e. The zero-order valence-corrected chi connectivity index (χ0v) is 26.5. The lowest BCUT2D eigenvalue weighted by molar-refractivity contribution is -0.146. The van der Waals surface area contributed by atoms with Crippen molar-refractivity contribution in [1.29, 1.82) is 0 Å². The lowest BCUT2D eigenvalue weighted by Gasteiger charge is -2.41. The summed E-state index contributed by atoms with van der Waals surface area (Å²) in [5.41, 5.74) is 0.180. The van der Waals surface area contributed by atoms with Crippen LogP contribution in [0.25, 0.3) is 0 Å². The molecule has 3 amide bonds. The molecule has 19 nitrogen and oxygen atoms in total. The number of hydrazine groups is 2. The van der Waals surface area contributed by atoms with Gasteiger partial charge in [-0.2, -0.15) is 0 Å². The number of ether oxygens (including phenoxy) is 1. The standard InChI is InChI=1S/C26H40ClN15O4/c1-14(2)46-17-6-4-16(5-7-17)12-18(42(31)15(3)43)24(45)40-10-8-26(9-11-40)13-41(30)25(35-26)34-23(44)19-21(36-38-28)33-22(37-39-29)20(27)32-19/h4-7,14,18,21,25,33,35H,8-13,30-31H2,1-3H3,(H2,28,36)(H2,29,37)(H,34,44)/t18-,21?,25?/m0/s1. The van der Waals surface area contributed by atoms with Gasteiger partial charge in [0.2, 0.25) is 11.8 Å². The fourth-order valence-corrected chi connectivity index (χ4v) is 5.68. The maximum atomic E-state index is 13.7. The van der Waals surface area contributed by atoms with E-state index in [1.807, 2.05) is 38.1 Å². The van der Waals surface area contributed by atoms with Crippen LogP contribution in [0.1, 0.15) is 39.2 Å². The van der Waals surface area contributed by atoms with Crippen LogP contribution in [-0.2, 0) is 20.8 Å². The predicted octanol–water partition coefficient (Wildman–Crippen LogP) is -0.965. The van der Waals surface area contributed by atoms with Gasteiger partial charge in [-0.3, -0.25) is 30.6 Å². The van der Waals surface area contributed by atoms with Crippen molar-refractivity contribution in [2.24, 2.45) is 49.0 Å². The molecule has 0 bridgehead atoms. The minimum absolute atomic E-state index is 0.0183. The van der Waals surface area contributed by atoms with Gasteiger partial charge in [0.15, 0.2) is 22.9 Å². The number of carbonyl (C=O) groups is 3. The SMILES string of the molecule is CC(=O)N(N)[C@@H](Cc1ccc(OC(C)C)cc1)C(=O)N1CCC2(CC1)CN(N)C(NC(=O)C1=NC(Cl)=C(N=NN)NC1N=NN)N2. The number of rotatable bonds is 10. The van der Waals surface area contributed by atoms with E-state index < -0.39 is 35.9 Å². The Morgan fingerprint density at radius 1 is 1.20 bits per heavy atom. The van der Waals surface area contributed by atoms with Crippen LogP contribution in [0.3, 0.4) is 0 Å². The Kier molecular flexibility index (Phi) is 11.1. The van der Waals surface area contributed by atoms with Crippen molar-refractivity contribution < 1.29 is 19.1 Å². The Morgan fingerprint density at radius 3 is 2.46 bits per heavy atom. The zero-order valence-electron chi connectivity index (χ0n) is 25.8. The quantitative estimate of drug-likeness (QED) is 0.0527. The fraction of sp³-hybridized carbons (Fsp3) is 0.538. The van der Waals surface area contributed by atoms with Crippen LogP contribution in [-0.4, -0.2) is 88.1 Å². The van der Waals surface area contributed by atoms with Crippen molar-refractivity contribution in [2.75, 3.05) is 19.6 Å². The first-order chi connectivity index (χ1) is 21.9. The third kappa shape index (κ3) is 8.04. The molecule has 0 radical (unpaired) electrons. The third-order valence-electron chi connectivity index (χ3n) is 7.79. The molecule has 3 heterocycles. The Hall–Kier alpha value is -4.43. The van der Waals surface area contributed by atoms with E-state index in [9.17, 15) is 14.4 Å². The molecule has 11 N–H and O–H groups in total. The van der Waals surface area contributed by atoms with E-state index in [0.29, 0.717) is 38.2 Å². The van der Waals surface area contributed by atoms with Crippen LogP contribution in [0.5, 0.6) is 5.75 Å². The molecule has 0 aliphatic carbocycles. The zero-order chi connectivity index (χ0) is 33.6. The van der Waals surface area contributed by atoms with Gasteiger partial charge in [-0.15, -0.1) is 10.2 Å². The second-order valence-corrected chi connectivity index (χ2v) is 11.7. The van der Waals surface area contributed by atoms with Crippen molar-refractivity contribution in [3.05, 3.63) is 40.8 Å². The average Bonchev–Trinajstić information content (AvgIpc) is 3.31. The van der Waals surface area contributed by atoms with Crippen LogP contribution in [0.4, 0.5) is 0 Å². The molecule has 4 rings (SSSR count). The molecule has 46 heavy (non-hydrogen) atoms. The van der Waals surface area contributed by atoms with E-state index in [2.05, 4.69) is 41.6 Å². The molecule has 1 spiro atoms. The number of piperidine rings is 1. The van der Waals surface area contributed by atoms with Crippen LogP contribution >= 0.6 is 11.6 Å². The second kappa shape index (κ2) is 14.8. The lowest BCUT2D eigenvalue weighted by atomic mass is 9.88. The van der Waals surface area contributed by atoms with Crippen molar-refractivity contribution in [1.82, 2.24) is 30.9 Å². The van der Waals surface area contributed by atoms with Crippen molar-refractivity contribution in [3.8, 4) is 5.75 Å². The summed E-state index contributed by atoms with van der Waals surface area (Å²) in [6.45, 7) is 6.32. The van der Waals surface area contributed by atoms with Gasteiger partial charge in [-0.1, -0.05) is 34.2 Å². The summed E-state index contributed by atoms with van der Waals surface area (Å²) in [4.78, 5) is 44.9. The predicted molar refractivity (Wildman–Crippen MR) is 166 cm³/mol. The van der Waals surface area contributed by atoms with Crippen molar-refractivity contribution in [2.45, 2.75) is 70.2 Å². The van der Waals surface area contributed by atoms with Gasteiger partial charge in [-0.05, 0) is 44.4 Å². The number of benzene rings is 1. The molecule has 20 heteroatoms. The molecule has 2 unspecified atom stereocenters. The Bertz CT molecular complexity index is 1410. The molecule has 1 aromatic carbocycles. The first-order valence-corrected chi connectivity index (χ1v) is 14.9. The molecule has 3 aliphatic heterocycles. The molecule has 0 aromatic heterocycles. The molecule has 3 aliphatic rings. The van der Waals surface area contributed by atoms with E-state index in [1.54, 1.807) is 4.90 Å². The van der Waals surface area contributed by atoms with Gasteiger partial charge in [0.25, 0.3) is 5.91 Å². The largest absolute Gasteiger partial charge is 0.491 e. The van der Waals surface area contributed by atoms with Gasteiger partial charge >= 0.3 is 0 Å². The van der Waals surface area contributed by atoms with Crippen molar-refractivity contribution in [3.63, 3.8) is 0 Å². The smallest absolute Gasteiger partial charge is 0.272 e. The van der Waals surface area contributed by atoms with Crippen LogP contribution in [0.15, 0.2) is 60.9 Å². The van der Waals surface area contributed by atoms with E-state index in [4.69, 9.17) is 39.7 Å². The second-order valence-electron chi connectivity index (χ2n) is 11.4. The first-order valence-electron chi connectivity index (χ1n) is 14.5. The highest BCUT2D eigenvalue weighted by Gasteiger charge is 2.47. The minimum atomic E-state index is -1.11. The van der Waals surface area contributed by atoms with Crippen LogP contribution in [0.2, 0.25) is 0 Å². The summed E-state index contributed by atoms with van der Waals surface area (Å²) in [5.74, 6) is 22.0. The number of nitrogens with zero attached hydrogens (tertiary/aromatic N) is 8. The van der Waals surface area contributed by atoms with Gasteiger partial charge < -0.3 is 32.0 Å². The van der Waals surface area contributed by atoms with Crippen molar-refractivity contribution >= 4 is 35.0 Å². The molecule has 1 aromatic rings. The fourth-order valence-electron chi connectivity index (χ4n) is 5.50. The number of amides is 3. The monoisotopic (exact) mass is 661 g/mol. The molecule has 0 saturated carbocycles. The van der Waals surface area contributed by atoms with Gasteiger partial charge in [-0.25, -0.2) is 15.8 Å². The molecule has 2 fully saturated rings. The molecular formula is C26H40ClN15O4. The topological polar surface area (TPSA) is 272 Å². The number of carbonyl (C=O) groups excluding carboxylic acids is 3. The highest BCUT2D eigenvalue weighted by molar-refractivity contribution is 6.43. The van der Waals surface area contributed by atoms with E-state index in [0.717, 1.165) is 10.6 Å². The number of likely N-dealkylation sites (tertiary alicyclic amines) is 1. The summed E-state index contributed by atoms with van der Waals surface area (Å²) < 4.78 is 5.70. The summed E-state index contributed by atoms with van der Waals surface area (Å²) >= 11 is 6.11. The number of aliphatic imine (C=N–C) groups is 1. The maximum absolute atomic E-state index is 13.7. The Balaban J connectivity index is 1.40. The van der Waals surface area contributed by atoms with E-state index in [-0.39, 0.29) is 35.1 Å². The van der Waals surface area contributed by atoms with Gasteiger partial charge in [0, 0.05) is 38.5 Å². The molecule has 250 valence electrons. The molecular weight excluding hydrogens is 622 g/mol. The lowest BCUT2D eigenvalue weighted by Crippen LogP contribution is -2.61. The average molecular weight is 662 g/mol. The number of halogens is 1. The highest BCUT2D eigenvalue weighted by Crippen LogP contribution is 2.29. The van der Waals surface area contributed by atoms with Crippen LogP contribution in [0, 0.1) is 0 Å².